The molecule has 118 valence electrons. The van der Waals surface area contributed by atoms with Crippen molar-refractivity contribution in [1.82, 2.24) is 4.90 Å². The second kappa shape index (κ2) is 9.78. The largest absolute Gasteiger partial charge is 0.379 e. The van der Waals surface area contributed by atoms with Crippen LogP contribution in [0.3, 0.4) is 0 Å². The second-order valence-electron chi connectivity index (χ2n) is 5.90. The van der Waals surface area contributed by atoms with Crippen molar-refractivity contribution in [1.29, 1.82) is 0 Å². The standard InChI is InChI=1S/C17H27NOS2/c1-15(2)13-16-5-3-4-6-17(16)14-21-20-12-9-18-7-10-19-11-8-18/h3-6,15H,7-14H2,1-2H3. The fourth-order valence-electron chi connectivity index (χ4n) is 2.49. The minimum atomic E-state index is 0.727. The van der Waals surface area contributed by atoms with E-state index in [9.17, 15) is 0 Å². The topological polar surface area (TPSA) is 12.5 Å². The predicted octanol–water partition coefficient (Wildman–Crippen LogP) is 4.10. The molecule has 0 atom stereocenters. The Labute approximate surface area is 137 Å². The normalized spacial score (nSPS) is 16.5. The molecule has 2 nitrogen and oxygen atoms in total. The smallest absolute Gasteiger partial charge is 0.0594 e. The van der Waals surface area contributed by atoms with E-state index >= 15 is 0 Å². The van der Waals surface area contributed by atoms with Crippen LogP contribution in [-0.2, 0) is 16.9 Å². The number of morpholine rings is 1. The number of nitrogens with zero attached hydrogens (tertiary/aromatic N) is 1. The van der Waals surface area contributed by atoms with E-state index in [4.69, 9.17) is 4.74 Å². The molecule has 0 saturated carbocycles. The number of hydrogen-bond acceptors (Lipinski definition) is 4. The van der Waals surface area contributed by atoms with Gasteiger partial charge in [-0.1, -0.05) is 59.7 Å². The van der Waals surface area contributed by atoms with Crippen LogP contribution in [0.1, 0.15) is 25.0 Å². The molecule has 1 fully saturated rings. The van der Waals surface area contributed by atoms with E-state index in [0.717, 1.165) is 38.0 Å². The van der Waals surface area contributed by atoms with Crippen molar-refractivity contribution in [3.05, 3.63) is 35.4 Å². The van der Waals surface area contributed by atoms with Crippen molar-refractivity contribution < 1.29 is 4.74 Å². The van der Waals surface area contributed by atoms with Gasteiger partial charge in [0.15, 0.2) is 0 Å². The zero-order chi connectivity index (χ0) is 14.9. The molecule has 1 aromatic carbocycles. The lowest BCUT2D eigenvalue weighted by Crippen LogP contribution is -2.37. The van der Waals surface area contributed by atoms with Gasteiger partial charge in [0.05, 0.1) is 13.2 Å². The molecule has 0 amide bonds. The van der Waals surface area contributed by atoms with Gasteiger partial charge in [0.2, 0.25) is 0 Å². The molecule has 1 aliphatic rings. The molecular formula is C17H27NOS2. The molecule has 0 unspecified atom stereocenters. The highest BCUT2D eigenvalue weighted by molar-refractivity contribution is 8.76. The van der Waals surface area contributed by atoms with Crippen molar-refractivity contribution in [2.24, 2.45) is 5.92 Å². The number of rotatable bonds is 8. The number of ether oxygens (including phenoxy) is 1. The molecular weight excluding hydrogens is 298 g/mol. The summed E-state index contributed by atoms with van der Waals surface area (Å²) in [5.41, 5.74) is 3.03. The number of benzene rings is 1. The molecule has 0 bridgehead atoms. The Balaban J connectivity index is 1.66. The van der Waals surface area contributed by atoms with Crippen LogP contribution in [0, 0.1) is 5.92 Å². The van der Waals surface area contributed by atoms with Crippen LogP contribution in [0.15, 0.2) is 24.3 Å². The molecule has 21 heavy (non-hydrogen) atoms. The lowest BCUT2D eigenvalue weighted by Gasteiger charge is -2.26. The SMILES string of the molecule is CC(C)Cc1ccccc1CSSCCN1CCOCC1. The van der Waals surface area contributed by atoms with E-state index in [0.29, 0.717) is 0 Å². The lowest BCUT2D eigenvalue weighted by molar-refractivity contribution is 0.0410. The van der Waals surface area contributed by atoms with Crippen molar-refractivity contribution in [3.8, 4) is 0 Å². The highest BCUT2D eigenvalue weighted by Gasteiger charge is 2.09. The molecule has 1 heterocycles. The van der Waals surface area contributed by atoms with Crippen molar-refractivity contribution >= 4 is 21.6 Å². The molecule has 4 heteroatoms. The van der Waals surface area contributed by atoms with E-state index in [-0.39, 0.29) is 0 Å². The van der Waals surface area contributed by atoms with Crippen molar-refractivity contribution in [3.63, 3.8) is 0 Å². The Kier molecular flexibility index (Phi) is 8.01. The van der Waals surface area contributed by atoms with E-state index in [2.05, 4.69) is 43.0 Å². The molecule has 1 saturated heterocycles. The Bertz CT molecular complexity index is 406. The first-order valence-electron chi connectivity index (χ1n) is 7.87. The summed E-state index contributed by atoms with van der Waals surface area (Å²) in [7, 11) is 4.00. The summed E-state index contributed by atoms with van der Waals surface area (Å²) in [6.45, 7) is 9.78. The van der Waals surface area contributed by atoms with Crippen LogP contribution in [0.2, 0.25) is 0 Å². The first-order valence-corrected chi connectivity index (χ1v) is 10.4. The maximum Gasteiger partial charge on any atom is 0.0594 e. The summed E-state index contributed by atoms with van der Waals surface area (Å²) in [6, 6.07) is 8.90. The van der Waals surface area contributed by atoms with Crippen molar-refractivity contribution in [2.75, 3.05) is 38.6 Å². The lowest BCUT2D eigenvalue weighted by atomic mass is 9.99. The monoisotopic (exact) mass is 325 g/mol. The molecule has 1 aliphatic heterocycles. The minimum absolute atomic E-state index is 0.727. The van der Waals surface area contributed by atoms with Crippen LogP contribution < -0.4 is 0 Å². The zero-order valence-corrected chi connectivity index (χ0v) is 14.8. The quantitative estimate of drug-likeness (QED) is 0.527. The fourth-order valence-corrected chi connectivity index (χ4v) is 4.64. The fraction of sp³-hybridized carbons (Fsp3) is 0.647. The highest BCUT2D eigenvalue weighted by Crippen LogP contribution is 2.28. The summed E-state index contributed by atoms with van der Waals surface area (Å²) in [5.74, 6) is 3.05. The van der Waals surface area contributed by atoms with Gasteiger partial charge in [-0.25, -0.2) is 0 Å². The molecule has 1 aromatic rings. The van der Waals surface area contributed by atoms with E-state index in [1.165, 1.54) is 29.8 Å². The summed E-state index contributed by atoms with van der Waals surface area (Å²) >= 11 is 0. The Morgan fingerprint density at radius 1 is 1.10 bits per heavy atom. The molecule has 0 N–H and O–H groups in total. The maximum absolute atomic E-state index is 5.38. The summed E-state index contributed by atoms with van der Waals surface area (Å²) in [6.07, 6.45) is 1.19. The van der Waals surface area contributed by atoms with E-state index < -0.39 is 0 Å². The summed E-state index contributed by atoms with van der Waals surface area (Å²) in [4.78, 5) is 2.50. The predicted molar refractivity (Wildman–Crippen MR) is 96.0 cm³/mol. The van der Waals surface area contributed by atoms with Gasteiger partial charge in [-0.05, 0) is 23.5 Å². The van der Waals surface area contributed by atoms with Crippen LogP contribution in [0.4, 0.5) is 0 Å². The average molecular weight is 326 g/mol. The third-order valence-electron chi connectivity index (χ3n) is 3.64. The van der Waals surface area contributed by atoms with Crippen LogP contribution in [0.5, 0.6) is 0 Å². The Morgan fingerprint density at radius 3 is 2.52 bits per heavy atom. The molecule has 0 aliphatic carbocycles. The van der Waals surface area contributed by atoms with Gasteiger partial charge in [-0.2, -0.15) is 0 Å². The summed E-state index contributed by atoms with van der Waals surface area (Å²) < 4.78 is 5.38. The van der Waals surface area contributed by atoms with Crippen molar-refractivity contribution in [2.45, 2.75) is 26.0 Å². The van der Waals surface area contributed by atoms with E-state index in [1.807, 2.05) is 21.6 Å². The van der Waals surface area contributed by atoms with E-state index in [1.54, 1.807) is 0 Å². The first-order chi connectivity index (χ1) is 10.3. The van der Waals surface area contributed by atoms with Crippen LogP contribution in [-0.4, -0.2) is 43.5 Å². The third-order valence-corrected chi connectivity index (χ3v) is 5.94. The van der Waals surface area contributed by atoms with Crippen LogP contribution >= 0.6 is 21.6 Å². The average Bonchev–Trinajstić information content (AvgIpc) is 2.49. The van der Waals surface area contributed by atoms with Gasteiger partial charge in [-0.15, -0.1) is 0 Å². The summed E-state index contributed by atoms with van der Waals surface area (Å²) in [5, 5.41) is 0. The van der Waals surface area contributed by atoms with Gasteiger partial charge in [0.1, 0.15) is 0 Å². The van der Waals surface area contributed by atoms with Gasteiger partial charge < -0.3 is 4.74 Å². The maximum atomic E-state index is 5.38. The second-order valence-corrected chi connectivity index (χ2v) is 8.49. The van der Waals surface area contributed by atoms with Crippen LogP contribution in [0.25, 0.3) is 0 Å². The minimum Gasteiger partial charge on any atom is -0.379 e. The molecule has 0 aromatic heterocycles. The Hall–Kier alpha value is -0.160. The first kappa shape index (κ1) is 17.2. The van der Waals surface area contributed by atoms with Gasteiger partial charge in [0.25, 0.3) is 0 Å². The zero-order valence-electron chi connectivity index (χ0n) is 13.2. The highest BCUT2D eigenvalue weighted by atomic mass is 33.1. The van der Waals surface area contributed by atoms with Gasteiger partial charge in [0, 0.05) is 31.1 Å². The van der Waals surface area contributed by atoms with Gasteiger partial charge >= 0.3 is 0 Å². The third kappa shape index (κ3) is 6.64. The molecule has 2 rings (SSSR count). The molecule has 0 spiro atoms. The Morgan fingerprint density at radius 2 is 1.81 bits per heavy atom. The van der Waals surface area contributed by atoms with Gasteiger partial charge in [-0.3, -0.25) is 4.90 Å². The molecule has 0 radical (unpaired) electrons. The number of hydrogen-bond donors (Lipinski definition) is 0.